The quantitative estimate of drug-likeness (QED) is 0.455. The zero-order valence-electron chi connectivity index (χ0n) is 16.0. The molecule has 0 unspecified atom stereocenters. The van der Waals surface area contributed by atoms with Crippen LogP contribution in [0, 0.1) is 0 Å². The Morgan fingerprint density at radius 2 is 1.67 bits per heavy atom. The number of aromatic nitrogens is 4. The second kappa shape index (κ2) is 7.29. The van der Waals surface area contributed by atoms with Gasteiger partial charge in [-0.05, 0) is 42.5 Å². The minimum absolute atomic E-state index is 0.131. The third-order valence-corrected chi connectivity index (χ3v) is 4.87. The summed E-state index contributed by atoms with van der Waals surface area (Å²) in [6.07, 6.45) is 5.07. The van der Waals surface area contributed by atoms with Crippen molar-refractivity contribution in [2.75, 3.05) is 7.11 Å². The number of nitrogens with zero attached hydrogens (tertiary/aromatic N) is 4. The maximum absolute atomic E-state index is 13.2. The average Bonchev–Trinajstić information content (AvgIpc) is 3.30. The normalized spacial score (nSPS) is 11.0. The summed E-state index contributed by atoms with van der Waals surface area (Å²) < 4.78 is 12.4. The Morgan fingerprint density at radius 3 is 2.40 bits per heavy atom. The largest absolute Gasteiger partial charge is 0.497 e. The highest BCUT2D eigenvalue weighted by molar-refractivity contribution is 5.94. The van der Waals surface area contributed by atoms with Crippen molar-refractivity contribution in [1.29, 1.82) is 0 Å². The zero-order chi connectivity index (χ0) is 20.5. The van der Waals surface area contributed by atoms with Crippen LogP contribution in [0.1, 0.15) is 0 Å². The molecule has 0 atom stereocenters. The van der Waals surface area contributed by atoms with Crippen LogP contribution in [0.25, 0.3) is 39.3 Å². The van der Waals surface area contributed by atoms with E-state index in [4.69, 9.17) is 9.26 Å². The lowest BCUT2D eigenvalue weighted by Gasteiger charge is -2.11. The van der Waals surface area contributed by atoms with Crippen molar-refractivity contribution in [3.05, 3.63) is 89.6 Å². The molecule has 0 aliphatic carbocycles. The van der Waals surface area contributed by atoms with E-state index >= 15 is 0 Å². The summed E-state index contributed by atoms with van der Waals surface area (Å²) in [6, 6.07) is 18.3. The van der Waals surface area contributed by atoms with Crippen LogP contribution in [-0.2, 0) is 0 Å². The number of hydrogen-bond donors (Lipinski definition) is 0. The second-order valence-corrected chi connectivity index (χ2v) is 6.62. The van der Waals surface area contributed by atoms with Crippen LogP contribution in [0.3, 0.4) is 0 Å². The molecule has 0 radical (unpaired) electrons. The molecule has 5 aromatic rings. The molecule has 30 heavy (non-hydrogen) atoms. The van der Waals surface area contributed by atoms with Gasteiger partial charge in [0, 0.05) is 40.6 Å². The fraction of sp³-hybridized carbons (Fsp3) is 0.0435. The van der Waals surface area contributed by atoms with Gasteiger partial charge in [-0.2, -0.15) is 4.98 Å². The van der Waals surface area contributed by atoms with E-state index < -0.39 is 0 Å². The fourth-order valence-corrected chi connectivity index (χ4v) is 3.35. The van der Waals surface area contributed by atoms with Crippen molar-refractivity contribution in [1.82, 2.24) is 19.7 Å². The first-order valence-electron chi connectivity index (χ1n) is 9.28. The molecule has 7 nitrogen and oxygen atoms in total. The molecule has 3 heterocycles. The molecule has 0 N–H and O–H groups in total. The van der Waals surface area contributed by atoms with Gasteiger partial charge in [-0.1, -0.05) is 23.4 Å². The summed E-state index contributed by atoms with van der Waals surface area (Å²) in [5.41, 5.74) is 2.05. The molecule has 5 rings (SSSR count). The Kier molecular flexibility index (Phi) is 4.33. The summed E-state index contributed by atoms with van der Waals surface area (Å²) in [5, 5.41) is 5.41. The first-order chi connectivity index (χ1) is 14.7. The van der Waals surface area contributed by atoms with E-state index in [0.717, 1.165) is 10.9 Å². The summed E-state index contributed by atoms with van der Waals surface area (Å²) in [6.45, 7) is 0. The molecule has 0 saturated heterocycles. The maximum atomic E-state index is 13.2. The van der Waals surface area contributed by atoms with Gasteiger partial charge in [-0.15, -0.1) is 0 Å². The van der Waals surface area contributed by atoms with Crippen molar-refractivity contribution >= 4 is 10.8 Å². The fourth-order valence-electron chi connectivity index (χ4n) is 3.35. The van der Waals surface area contributed by atoms with Crippen molar-refractivity contribution in [2.45, 2.75) is 0 Å². The third kappa shape index (κ3) is 3.02. The van der Waals surface area contributed by atoms with Crippen molar-refractivity contribution in [3.63, 3.8) is 0 Å². The van der Waals surface area contributed by atoms with Gasteiger partial charge >= 0.3 is 0 Å². The lowest BCUT2D eigenvalue weighted by molar-refractivity contribution is 0.414. The molecule has 0 aliphatic rings. The van der Waals surface area contributed by atoms with Crippen LogP contribution < -0.4 is 10.3 Å². The van der Waals surface area contributed by atoms with E-state index in [1.807, 2.05) is 54.6 Å². The minimum atomic E-state index is -0.131. The van der Waals surface area contributed by atoms with Gasteiger partial charge in [0.2, 0.25) is 5.82 Å². The Balaban J connectivity index is 1.71. The lowest BCUT2D eigenvalue weighted by atomic mass is 10.1. The number of ether oxygens (including phenoxy) is 1. The predicted molar refractivity (Wildman–Crippen MR) is 113 cm³/mol. The van der Waals surface area contributed by atoms with Crippen LogP contribution >= 0.6 is 0 Å². The second-order valence-electron chi connectivity index (χ2n) is 6.62. The van der Waals surface area contributed by atoms with E-state index in [1.54, 1.807) is 36.3 Å². The molecular weight excluding hydrogens is 380 g/mol. The number of benzene rings is 2. The Morgan fingerprint density at radius 1 is 0.933 bits per heavy atom. The predicted octanol–water partition coefficient (Wildman–Crippen LogP) is 4.11. The molecule has 0 fully saturated rings. The van der Waals surface area contributed by atoms with Crippen LogP contribution in [0.4, 0.5) is 0 Å². The van der Waals surface area contributed by atoms with Crippen molar-refractivity contribution in [3.8, 4) is 34.3 Å². The van der Waals surface area contributed by atoms with Crippen LogP contribution in [0.5, 0.6) is 5.75 Å². The SMILES string of the molecule is COc1ccc(-n2cc(-c3nc(-c4ccncc4)no3)c3ccccc3c2=O)cc1. The van der Waals surface area contributed by atoms with Crippen molar-refractivity contribution in [2.24, 2.45) is 0 Å². The summed E-state index contributed by atoms with van der Waals surface area (Å²) >= 11 is 0. The highest BCUT2D eigenvalue weighted by Crippen LogP contribution is 2.28. The Hall–Kier alpha value is -4.26. The maximum Gasteiger partial charge on any atom is 0.262 e. The van der Waals surface area contributed by atoms with Crippen LogP contribution in [0.15, 0.2) is 88.6 Å². The van der Waals surface area contributed by atoms with E-state index in [1.165, 1.54) is 0 Å². The Labute approximate surface area is 171 Å². The molecule has 0 bridgehead atoms. The molecule has 0 amide bonds. The first kappa shape index (κ1) is 17.8. The van der Waals surface area contributed by atoms with Gasteiger partial charge < -0.3 is 9.26 Å². The van der Waals surface area contributed by atoms with Gasteiger partial charge in [0.25, 0.3) is 11.4 Å². The molecule has 2 aromatic carbocycles. The topological polar surface area (TPSA) is 83.0 Å². The van der Waals surface area contributed by atoms with E-state index in [-0.39, 0.29) is 5.56 Å². The van der Waals surface area contributed by atoms with Gasteiger partial charge in [0.15, 0.2) is 0 Å². The summed E-state index contributed by atoms with van der Waals surface area (Å²) in [4.78, 5) is 21.7. The molecule has 0 aliphatic heterocycles. The van der Waals surface area contributed by atoms with Crippen molar-refractivity contribution < 1.29 is 9.26 Å². The number of hydrogen-bond acceptors (Lipinski definition) is 6. The average molecular weight is 396 g/mol. The van der Waals surface area contributed by atoms with Gasteiger partial charge in [-0.3, -0.25) is 14.3 Å². The highest BCUT2D eigenvalue weighted by Gasteiger charge is 2.17. The lowest BCUT2D eigenvalue weighted by Crippen LogP contribution is -2.18. The summed E-state index contributed by atoms with van der Waals surface area (Å²) in [5.74, 6) is 1.51. The van der Waals surface area contributed by atoms with E-state index in [2.05, 4.69) is 15.1 Å². The Bertz CT molecular complexity index is 1390. The highest BCUT2D eigenvalue weighted by atomic mass is 16.5. The van der Waals surface area contributed by atoms with Gasteiger partial charge in [-0.25, -0.2) is 0 Å². The molecule has 0 saturated carbocycles. The smallest absolute Gasteiger partial charge is 0.262 e. The molecular formula is C23H16N4O3. The minimum Gasteiger partial charge on any atom is -0.497 e. The number of pyridine rings is 2. The zero-order valence-corrected chi connectivity index (χ0v) is 16.0. The molecule has 146 valence electrons. The van der Waals surface area contributed by atoms with Crippen LogP contribution in [-0.4, -0.2) is 26.8 Å². The van der Waals surface area contributed by atoms with Gasteiger partial charge in [0.1, 0.15) is 5.75 Å². The summed E-state index contributed by atoms with van der Waals surface area (Å²) in [7, 11) is 1.60. The number of fused-ring (bicyclic) bond motifs is 1. The van der Waals surface area contributed by atoms with Gasteiger partial charge in [0.05, 0.1) is 12.7 Å². The molecule has 7 heteroatoms. The van der Waals surface area contributed by atoms with E-state index in [0.29, 0.717) is 34.1 Å². The molecule has 3 aromatic heterocycles. The van der Waals surface area contributed by atoms with E-state index in [9.17, 15) is 4.79 Å². The molecule has 0 spiro atoms. The first-order valence-corrected chi connectivity index (χ1v) is 9.28. The number of rotatable bonds is 4. The third-order valence-electron chi connectivity index (χ3n) is 4.87. The van der Waals surface area contributed by atoms with Crippen LogP contribution in [0.2, 0.25) is 0 Å². The number of methoxy groups -OCH3 is 1. The standard InChI is InChI=1S/C23H16N4O3/c1-29-17-8-6-16(7-9-17)27-14-20(18-4-2-3-5-19(18)23(27)28)22-25-21(26-30-22)15-10-12-24-13-11-15/h2-14H,1H3. The monoisotopic (exact) mass is 396 g/mol.